The van der Waals surface area contributed by atoms with Gasteiger partial charge in [0.2, 0.25) is 0 Å². The maximum Gasteiger partial charge on any atom is 0.135 e. The maximum atomic E-state index is 9.84. The summed E-state index contributed by atoms with van der Waals surface area (Å²) in [6, 6.07) is 55.2. The Bertz CT molecular complexity index is 2640. The summed E-state index contributed by atoms with van der Waals surface area (Å²) >= 11 is 0. The van der Waals surface area contributed by atoms with E-state index in [1.165, 1.54) is 0 Å². The number of hydrogen-bond acceptors (Lipinski definition) is 5. The van der Waals surface area contributed by atoms with Crippen LogP contribution in [0.5, 0.6) is 0 Å². The molecule has 49 heavy (non-hydrogen) atoms. The Hall–Kier alpha value is -7.08. The summed E-state index contributed by atoms with van der Waals surface area (Å²) in [5.41, 5.74) is 11.1. The lowest BCUT2D eigenvalue weighted by Crippen LogP contribution is -2.10. The van der Waals surface area contributed by atoms with Crippen molar-refractivity contribution in [1.82, 2.24) is 0 Å². The van der Waals surface area contributed by atoms with Gasteiger partial charge in [-0.25, -0.2) is 0 Å². The van der Waals surface area contributed by atoms with Crippen molar-refractivity contribution in [2.24, 2.45) is 0 Å². The topological polar surface area (TPSA) is 77.1 Å². The molecule has 0 atom stereocenters. The highest BCUT2D eigenvalue weighted by Crippen LogP contribution is 2.39. The van der Waals surface area contributed by atoms with Crippen LogP contribution in [0.1, 0.15) is 11.1 Å². The largest absolute Gasteiger partial charge is 0.456 e. The summed E-state index contributed by atoms with van der Waals surface area (Å²) in [6.45, 7) is 0. The zero-order valence-electron chi connectivity index (χ0n) is 26.1. The molecule has 2 aromatic heterocycles. The van der Waals surface area contributed by atoms with Gasteiger partial charge in [0.25, 0.3) is 0 Å². The van der Waals surface area contributed by atoms with E-state index in [0.717, 1.165) is 83.2 Å². The van der Waals surface area contributed by atoms with Gasteiger partial charge in [0.1, 0.15) is 34.5 Å². The lowest BCUT2D eigenvalue weighted by Gasteiger charge is -2.26. The average Bonchev–Trinajstić information content (AvgIpc) is 3.73. The summed E-state index contributed by atoms with van der Waals surface area (Å²) in [6.07, 6.45) is 0. The number of rotatable bonds is 5. The fraction of sp³-hybridized carbons (Fsp3) is 0. The Morgan fingerprint density at radius 1 is 0.367 bits per heavy atom. The predicted octanol–water partition coefficient (Wildman–Crippen LogP) is 12.0. The van der Waals surface area contributed by atoms with E-state index in [4.69, 9.17) is 8.83 Å². The minimum Gasteiger partial charge on any atom is -0.456 e. The molecular weight excluding hydrogens is 603 g/mol. The second-order valence-corrected chi connectivity index (χ2v) is 12.0. The Balaban J connectivity index is 1.11. The molecule has 0 fully saturated rings. The van der Waals surface area contributed by atoms with Gasteiger partial charge >= 0.3 is 0 Å². The first-order chi connectivity index (χ1) is 24.2. The molecule has 0 aliphatic rings. The molecule has 228 valence electrons. The molecule has 5 heteroatoms. The molecule has 0 aliphatic heterocycles. The van der Waals surface area contributed by atoms with E-state index in [9.17, 15) is 10.5 Å². The van der Waals surface area contributed by atoms with Crippen LogP contribution in [0.4, 0.5) is 17.1 Å². The van der Waals surface area contributed by atoms with E-state index in [-0.39, 0.29) is 0 Å². The molecule has 7 aromatic carbocycles. The number of anilines is 3. The van der Waals surface area contributed by atoms with E-state index in [1.54, 1.807) is 12.1 Å². The SMILES string of the molecule is N#Cc1ccc(N(c2ccc(-c3ccc4oc5ccccc5c4c3)cc2)c2ccc(-c3ccc4oc5ccccc5c4c3)cc2)cc1C#N. The van der Waals surface area contributed by atoms with Crippen LogP contribution in [0.25, 0.3) is 66.1 Å². The number of nitriles is 2. The van der Waals surface area contributed by atoms with Gasteiger partial charge < -0.3 is 13.7 Å². The Kier molecular flexibility index (Phi) is 6.50. The van der Waals surface area contributed by atoms with E-state index in [1.807, 2.05) is 54.6 Å². The lowest BCUT2D eigenvalue weighted by atomic mass is 10.0. The van der Waals surface area contributed by atoms with Crippen LogP contribution in [0, 0.1) is 22.7 Å². The molecule has 2 heterocycles. The van der Waals surface area contributed by atoms with Crippen LogP contribution >= 0.6 is 0 Å². The molecule has 0 N–H and O–H groups in total. The van der Waals surface area contributed by atoms with Crippen molar-refractivity contribution in [1.29, 1.82) is 10.5 Å². The van der Waals surface area contributed by atoms with Gasteiger partial charge in [0.15, 0.2) is 0 Å². The predicted molar refractivity (Wildman–Crippen MR) is 196 cm³/mol. The summed E-state index contributed by atoms with van der Waals surface area (Å²) in [5.74, 6) is 0. The Morgan fingerprint density at radius 2 is 0.796 bits per heavy atom. The van der Waals surface area contributed by atoms with Gasteiger partial charge in [0.05, 0.1) is 11.1 Å². The van der Waals surface area contributed by atoms with E-state index >= 15 is 0 Å². The molecule has 0 saturated heterocycles. The first-order valence-corrected chi connectivity index (χ1v) is 15.9. The molecule has 9 rings (SSSR count). The number of fused-ring (bicyclic) bond motifs is 6. The van der Waals surface area contributed by atoms with Crippen molar-refractivity contribution >= 4 is 60.9 Å². The summed E-state index contributed by atoms with van der Waals surface area (Å²) < 4.78 is 12.1. The number of nitrogens with zero attached hydrogens (tertiary/aromatic N) is 3. The van der Waals surface area contributed by atoms with Gasteiger partial charge in [0, 0.05) is 38.6 Å². The molecule has 0 amide bonds. The maximum absolute atomic E-state index is 9.84. The molecule has 0 radical (unpaired) electrons. The third-order valence-electron chi connectivity index (χ3n) is 9.17. The first kappa shape index (κ1) is 28.2. The van der Waals surface area contributed by atoms with Gasteiger partial charge in [-0.05, 0) is 101 Å². The monoisotopic (exact) mass is 627 g/mol. The lowest BCUT2D eigenvalue weighted by molar-refractivity contribution is 0.668. The van der Waals surface area contributed by atoms with Crippen molar-refractivity contribution in [2.75, 3.05) is 4.90 Å². The third kappa shape index (κ3) is 4.78. The van der Waals surface area contributed by atoms with Gasteiger partial charge in [-0.3, -0.25) is 0 Å². The molecule has 0 saturated carbocycles. The highest BCUT2D eigenvalue weighted by atomic mass is 16.3. The number of benzene rings is 7. The summed E-state index contributed by atoms with van der Waals surface area (Å²) in [4.78, 5) is 2.11. The highest BCUT2D eigenvalue weighted by Gasteiger charge is 2.16. The smallest absolute Gasteiger partial charge is 0.135 e. The van der Waals surface area contributed by atoms with Crippen molar-refractivity contribution in [2.45, 2.75) is 0 Å². The van der Waals surface area contributed by atoms with Gasteiger partial charge in [-0.1, -0.05) is 72.8 Å². The normalized spacial score (nSPS) is 11.2. The fourth-order valence-electron chi connectivity index (χ4n) is 6.73. The fourth-order valence-corrected chi connectivity index (χ4v) is 6.73. The standard InChI is InChI=1S/C44H25N3O2/c45-26-32-13-20-36(23-33(32)27-46)47(34-16-9-28(10-17-34)30-14-21-43-39(24-30)37-5-1-3-7-41(37)48-43)35-18-11-29(12-19-35)31-15-22-44-40(25-31)38-6-2-4-8-42(38)49-44/h1-25H. The quantitative estimate of drug-likeness (QED) is 0.190. The van der Waals surface area contributed by atoms with Crippen LogP contribution in [0.2, 0.25) is 0 Å². The third-order valence-corrected chi connectivity index (χ3v) is 9.17. The molecule has 9 aromatic rings. The van der Waals surface area contributed by atoms with Crippen molar-refractivity contribution in [3.8, 4) is 34.4 Å². The molecule has 0 bridgehead atoms. The molecule has 0 spiro atoms. The molecule has 0 unspecified atom stereocenters. The Labute approximate surface area is 281 Å². The first-order valence-electron chi connectivity index (χ1n) is 15.9. The summed E-state index contributed by atoms with van der Waals surface area (Å²) in [5, 5.41) is 23.8. The highest BCUT2D eigenvalue weighted by molar-refractivity contribution is 6.07. The van der Waals surface area contributed by atoms with Crippen molar-refractivity contribution in [3.05, 3.63) is 163 Å². The van der Waals surface area contributed by atoms with Crippen molar-refractivity contribution < 1.29 is 8.83 Å². The average molecular weight is 628 g/mol. The number of para-hydroxylation sites is 2. The molecule has 0 aliphatic carbocycles. The van der Waals surface area contributed by atoms with Crippen LogP contribution in [0.3, 0.4) is 0 Å². The van der Waals surface area contributed by atoms with E-state index < -0.39 is 0 Å². The number of hydrogen-bond donors (Lipinski definition) is 0. The van der Waals surface area contributed by atoms with Crippen molar-refractivity contribution in [3.63, 3.8) is 0 Å². The minimum absolute atomic E-state index is 0.333. The molecular formula is C44H25N3O2. The number of furan rings is 2. The zero-order chi connectivity index (χ0) is 32.9. The summed E-state index contributed by atoms with van der Waals surface area (Å²) in [7, 11) is 0. The second kappa shape index (κ2) is 11.3. The van der Waals surface area contributed by atoms with Crippen LogP contribution in [0.15, 0.2) is 160 Å². The van der Waals surface area contributed by atoms with Gasteiger partial charge in [-0.2, -0.15) is 10.5 Å². The van der Waals surface area contributed by atoms with E-state index in [2.05, 4.69) is 102 Å². The van der Waals surface area contributed by atoms with E-state index in [0.29, 0.717) is 11.1 Å². The van der Waals surface area contributed by atoms with Crippen LogP contribution < -0.4 is 4.90 Å². The molecule has 5 nitrogen and oxygen atoms in total. The minimum atomic E-state index is 0.333. The van der Waals surface area contributed by atoms with Crippen LogP contribution in [-0.4, -0.2) is 0 Å². The van der Waals surface area contributed by atoms with Gasteiger partial charge in [-0.15, -0.1) is 0 Å². The Morgan fingerprint density at radius 3 is 1.29 bits per heavy atom. The zero-order valence-corrected chi connectivity index (χ0v) is 26.1. The van der Waals surface area contributed by atoms with Crippen LogP contribution in [-0.2, 0) is 0 Å². The second-order valence-electron chi connectivity index (χ2n) is 12.0.